The number of fused-ring (bicyclic) bond motifs is 1. The van der Waals surface area contributed by atoms with Gasteiger partial charge in [0.05, 0.1) is 5.56 Å². The number of allylic oxidation sites excluding steroid dienone is 1. The molecule has 39 heavy (non-hydrogen) atoms. The predicted octanol–water partition coefficient (Wildman–Crippen LogP) is 7.21. The number of phenolic OH excluding ortho intramolecular Hbond substituents is 2. The first kappa shape index (κ1) is 26.7. The van der Waals surface area contributed by atoms with E-state index in [0.29, 0.717) is 34.8 Å². The van der Waals surface area contributed by atoms with Gasteiger partial charge in [-0.2, -0.15) is 13.2 Å². The molecule has 0 amide bonds. The number of phenols is 2. The van der Waals surface area contributed by atoms with Crippen molar-refractivity contribution in [3.63, 3.8) is 0 Å². The van der Waals surface area contributed by atoms with E-state index in [4.69, 9.17) is 9.47 Å². The van der Waals surface area contributed by atoms with Gasteiger partial charge in [0.2, 0.25) is 0 Å². The zero-order valence-electron chi connectivity index (χ0n) is 21.8. The van der Waals surface area contributed by atoms with E-state index in [2.05, 4.69) is 18.4 Å². The zero-order valence-corrected chi connectivity index (χ0v) is 21.8. The van der Waals surface area contributed by atoms with Gasteiger partial charge in [-0.25, -0.2) is 0 Å². The number of likely N-dealkylation sites (tertiary alicyclic amines) is 1. The topological polar surface area (TPSA) is 62.2 Å². The van der Waals surface area contributed by atoms with Crippen LogP contribution >= 0.6 is 0 Å². The molecule has 0 saturated carbocycles. The average Bonchev–Trinajstić information content (AvgIpc) is 3.34. The van der Waals surface area contributed by atoms with Crippen molar-refractivity contribution < 1.29 is 32.9 Å². The SMILES string of the molecule is C=C1CCN([C@@H](C)COc2ccc(C3Oc4ccc(O)cc4C(C)=C3c3ccc(O)c(C(F)(F)F)c3)cc2)C1. The van der Waals surface area contributed by atoms with E-state index in [9.17, 15) is 23.4 Å². The standard InChI is InChI=1S/C31H30F3NO4/c1-18-12-13-35(16-18)19(2)17-38-24-8-4-21(5-9-24)30-29(20(3)25-15-23(36)7-11-28(25)39-30)22-6-10-27(37)26(14-22)31(32,33)34/h4-11,14-15,19,30,36-37H,1,12-13,16-17H2,2-3H3/t19-,30?/m0/s1. The molecule has 204 valence electrons. The summed E-state index contributed by atoms with van der Waals surface area (Å²) in [4.78, 5) is 2.33. The molecule has 1 unspecified atom stereocenters. The molecule has 2 atom stereocenters. The maximum Gasteiger partial charge on any atom is 0.419 e. The first-order chi connectivity index (χ1) is 18.5. The summed E-state index contributed by atoms with van der Waals surface area (Å²) in [6.45, 7) is 10.3. The summed E-state index contributed by atoms with van der Waals surface area (Å²) >= 11 is 0. The Morgan fingerprint density at radius 2 is 1.82 bits per heavy atom. The highest BCUT2D eigenvalue weighted by molar-refractivity contribution is 5.96. The molecule has 3 aromatic carbocycles. The number of aromatic hydroxyl groups is 2. The summed E-state index contributed by atoms with van der Waals surface area (Å²) in [5.41, 5.74) is 2.85. The molecule has 0 aliphatic carbocycles. The minimum Gasteiger partial charge on any atom is -0.508 e. The molecule has 1 saturated heterocycles. The van der Waals surface area contributed by atoms with Crippen LogP contribution in [0.4, 0.5) is 13.2 Å². The minimum atomic E-state index is -4.73. The zero-order chi connectivity index (χ0) is 27.9. The lowest BCUT2D eigenvalue weighted by molar-refractivity contribution is -0.138. The Morgan fingerprint density at radius 3 is 2.49 bits per heavy atom. The van der Waals surface area contributed by atoms with E-state index in [1.807, 2.05) is 24.3 Å². The summed E-state index contributed by atoms with van der Waals surface area (Å²) < 4.78 is 53.2. The van der Waals surface area contributed by atoms with E-state index in [0.717, 1.165) is 37.2 Å². The summed E-state index contributed by atoms with van der Waals surface area (Å²) in [7, 11) is 0. The van der Waals surface area contributed by atoms with Crippen molar-refractivity contribution in [2.45, 2.75) is 38.6 Å². The van der Waals surface area contributed by atoms with Crippen LogP contribution in [0, 0.1) is 0 Å². The third-order valence-corrected chi connectivity index (χ3v) is 7.37. The van der Waals surface area contributed by atoms with E-state index in [-0.39, 0.29) is 17.4 Å². The molecule has 2 N–H and O–H groups in total. The van der Waals surface area contributed by atoms with E-state index in [1.165, 1.54) is 23.8 Å². The highest BCUT2D eigenvalue weighted by Crippen LogP contribution is 2.48. The fourth-order valence-electron chi connectivity index (χ4n) is 5.16. The molecular weight excluding hydrogens is 507 g/mol. The van der Waals surface area contributed by atoms with Gasteiger partial charge in [-0.15, -0.1) is 0 Å². The van der Waals surface area contributed by atoms with Gasteiger partial charge in [-0.1, -0.05) is 30.4 Å². The van der Waals surface area contributed by atoms with Gasteiger partial charge in [-0.05, 0) is 79.4 Å². The Morgan fingerprint density at radius 1 is 1.08 bits per heavy atom. The van der Waals surface area contributed by atoms with Crippen molar-refractivity contribution in [1.82, 2.24) is 4.90 Å². The van der Waals surface area contributed by atoms with E-state index in [1.54, 1.807) is 13.0 Å². The van der Waals surface area contributed by atoms with Crippen LogP contribution in [0.5, 0.6) is 23.0 Å². The lowest BCUT2D eigenvalue weighted by atomic mass is 9.85. The Balaban J connectivity index is 1.47. The first-order valence-corrected chi connectivity index (χ1v) is 12.8. The highest BCUT2D eigenvalue weighted by Gasteiger charge is 2.36. The lowest BCUT2D eigenvalue weighted by Gasteiger charge is -2.31. The third kappa shape index (κ3) is 5.47. The van der Waals surface area contributed by atoms with E-state index < -0.39 is 23.6 Å². The van der Waals surface area contributed by atoms with Gasteiger partial charge in [0.25, 0.3) is 0 Å². The molecule has 2 aliphatic heterocycles. The second kappa shape index (κ2) is 10.3. The van der Waals surface area contributed by atoms with Crippen LogP contribution in [0.25, 0.3) is 11.1 Å². The monoisotopic (exact) mass is 537 g/mol. The maximum atomic E-state index is 13.6. The third-order valence-electron chi connectivity index (χ3n) is 7.37. The molecule has 8 heteroatoms. The molecule has 0 spiro atoms. The van der Waals surface area contributed by atoms with Gasteiger partial charge in [0, 0.05) is 30.3 Å². The molecule has 0 aromatic heterocycles. The van der Waals surface area contributed by atoms with Crippen molar-refractivity contribution >= 4 is 11.1 Å². The van der Waals surface area contributed by atoms with Crippen molar-refractivity contribution in [3.05, 3.63) is 95.1 Å². The average molecular weight is 538 g/mol. The Hall–Kier alpha value is -3.91. The summed E-state index contributed by atoms with van der Waals surface area (Å²) in [6.07, 6.45) is -4.45. The molecule has 2 heterocycles. The molecule has 0 bridgehead atoms. The first-order valence-electron chi connectivity index (χ1n) is 12.8. The number of rotatable bonds is 6. The van der Waals surface area contributed by atoms with Crippen LogP contribution in [0.15, 0.2) is 72.8 Å². The number of benzene rings is 3. The molecule has 3 aromatic rings. The van der Waals surface area contributed by atoms with Gasteiger partial charge < -0.3 is 19.7 Å². The Kier molecular flexibility index (Phi) is 7.07. The van der Waals surface area contributed by atoms with Crippen LogP contribution in [-0.4, -0.2) is 40.9 Å². The molecule has 2 aliphatic rings. The van der Waals surface area contributed by atoms with Crippen molar-refractivity contribution in [2.75, 3.05) is 19.7 Å². The largest absolute Gasteiger partial charge is 0.508 e. The number of ether oxygens (including phenoxy) is 2. The second-order valence-corrected chi connectivity index (χ2v) is 10.1. The fraction of sp³-hybridized carbons (Fsp3) is 0.290. The second-order valence-electron chi connectivity index (χ2n) is 10.1. The minimum absolute atomic E-state index is 0.0187. The number of nitrogens with zero attached hydrogens (tertiary/aromatic N) is 1. The van der Waals surface area contributed by atoms with Crippen molar-refractivity contribution in [3.8, 4) is 23.0 Å². The van der Waals surface area contributed by atoms with Crippen molar-refractivity contribution in [1.29, 1.82) is 0 Å². The highest BCUT2D eigenvalue weighted by atomic mass is 19.4. The number of alkyl halides is 3. The number of hydrogen-bond acceptors (Lipinski definition) is 5. The van der Waals surface area contributed by atoms with Crippen molar-refractivity contribution in [2.24, 2.45) is 0 Å². The van der Waals surface area contributed by atoms with Gasteiger partial charge in [0.1, 0.15) is 35.7 Å². The Bertz CT molecular complexity index is 1430. The van der Waals surface area contributed by atoms with Crippen LogP contribution in [0.2, 0.25) is 0 Å². The molecular formula is C31H30F3NO4. The molecule has 1 fully saturated rings. The summed E-state index contributed by atoms with van der Waals surface area (Å²) in [5.74, 6) is 0.362. The summed E-state index contributed by atoms with van der Waals surface area (Å²) in [5, 5.41) is 19.9. The molecule has 5 nitrogen and oxygen atoms in total. The predicted molar refractivity (Wildman–Crippen MR) is 144 cm³/mol. The summed E-state index contributed by atoms with van der Waals surface area (Å²) in [6, 6.07) is 15.7. The molecule has 0 radical (unpaired) electrons. The van der Waals surface area contributed by atoms with Crippen LogP contribution in [0.3, 0.4) is 0 Å². The van der Waals surface area contributed by atoms with Crippen LogP contribution in [0.1, 0.15) is 48.6 Å². The van der Waals surface area contributed by atoms with E-state index >= 15 is 0 Å². The fourth-order valence-corrected chi connectivity index (χ4v) is 5.16. The smallest absolute Gasteiger partial charge is 0.419 e. The van der Waals surface area contributed by atoms with Gasteiger partial charge in [0.15, 0.2) is 0 Å². The molecule has 5 rings (SSSR count). The normalized spacial score (nSPS) is 18.6. The lowest BCUT2D eigenvalue weighted by Crippen LogP contribution is -2.34. The van der Waals surface area contributed by atoms with Crippen LogP contribution in [-0.2, 0) is 6.18 Å². The maximum absolute atomic E-state index is 13.6. The quantitative estimate of drug-likeness (QED) is 0.326. The van der Waals surface area contributed by atoms with Gasteiger partial charge in [-0.3, -0.25) is 4.90 Å². The number of hydrogen-bond donors (Lipinski definition) is 2. The van der Waals surface area contributed by atoms with Crippen LogP contribution < -0.4 is 9.47 Å². The Labute approximate surface area is 225 Å². The number of halogens is 3. The van der Waals surface area contributed by atoms with Gasteiger partial charge >= 0.3 is 6.18 Å².